The van der Waals surface area contributed by atoms with Crippen molar-refractivity contribution in [3.8, 4) is 5.75 Å². The van der Waals surface area contributed by atoms with E-state index in [9.17, 15) is 14.4 Å². The Balaban J connectivity index is 1.97. The molecule has 0 unspecified atom stereocenters. The molecule has 0 fully saturated rings. The number of ketones is 1. The van der Waals surface area contributed by atoms with Gasteiger partial charge in [-0.3, -0.25) is 14.4 Å². The van der Waals surface area contributed by atoms with Crippen LogP contribution in [0.4, 0.5) is 5.69 Å². The van der Waals surface area contributed by atoms with Crippen LogP contribution in [-0.4, -0.2) is 31.8 Å². The van der Waals surface area contributed by atoms with Crippen molar-refractivity contribution < 1.29 is 19.1 Å². The van der Waals surface area contributed by atoms with Gasteiger partial charge in [-0.15, -0.1) is 0 Å². The van der Waals surface area contributed by atoms with Gasteiger partial charge in [-0.25, -0.2) is 0 Å². The predicted molar refractivity (Wildman–Crippen MR) is 100 cm³/mol. The fourth-order valence-electron chi connectivity index (χ4n) is 2.30. The summed E-state index contributed by atoms with van der Waals surface area (Å²) in [6.07, 6.45) is 0.105. The number of Topliss-reactive ketones (excluding diaryl/α,β-unsaturated/α-hetero) is 1. The van der Waals surface area contributed by atoms with Crippen LogP contribution in [0.5, 0.6) is 5.75 Å². The van der Waals surface area contributed by atoms with Gasteiger partial charge in [0.05, 0.1) is 12.8 Å². The lowest BCUT2D eigenvalue weighted by molar-refractivity contribution is -0.116. The van der Waals surface area contributed by atoms with Crippen LogP contribution < -0.4 is 15.4 Å². The zero-order chi connectivity index (χ0) is 19.1. The molecule has 0 aliphatic rings. The van der Waals surface area contributed by atoms with Gasteiger partial charge in [-0.1, -0.05) is 11.6 Å². The zero-order valence-corrected chi connectivity index (χ0v) is 15.2. The van der Waals surface area contributed by atoms with Crippen molar-refractivity contribution in [2.75, 3.05) is 19.5 Å². The van der Waals surface area contributed by atoms with Crippen molar-refractivity contribution in [3.05, 3.63) is 58.6 Å². The topological polar surface area (TPSA) is 84.5 Å². The molecule has 136 valence electrons. The molecule has 7 heteroatoms. The molecule has 0 radical (unpaired) electrons. The van der Waals surface area contributed by atoms with Gasteiger partial charge in [0.15, 0.2) is 5.78 Å². The van der Waals surface area contributed by atoms with Gasteiger partial charge in [0.25, 0.3) is 5.91 Å². The van der Waals surface area contributed by atoms with Gasteiger partial charge < -0.3 is 15.4 Å². The number of anilines is 1. The smallest absolute Gasteiger partial charge is 0.251 e. The van der Waals surface area contributed by atoms with E-state index in [-0.39, 0.29) is 30.4 Å². The number of methoxy groups -OCH3 is 1. The fraction of sp³-hybridized carbons (Fsp3) is 0.211. The minimum absolute atomic E-state index is 0.0296. The molecule has 0 aromatic heterocycles. The number of benzene rings is 2. The Hall–Kier alpha value is -2.86. The molecule has 2 rings (SSSR count). The van der Waals surface area contributed by atoms with E-state index in [4.69, 9.17) is 16.3 Å². The molecular weight excluding hydrogens is 356 g/mol. The summed E-state index contributed by atoms with van der Waals surface area (Å²) in [5, 5.41) is 5.76. The minimum Gasteiger partial charge on any atom is -0.495 e. The summed E-state index contributed by atoms with van der Waals surface area (Å²) in [5.41, 5.74) is 1.36. The number of hydrogen-bond donors (Lipinski definition) is 2. The second-order valence-corrected chi connectivity index (χ2v) is 5.91. The highest BCUT2D eigenvalue weighted by atomic mass is 35.5. The van der Waals surface area contributed by atoms with Crippen LogP contribution in [-0.2, 0) is 4.79 Å². The molecule has 0 saturated carbocycles. The van der Waals surface area contributed by atoms with Gasteiger partial charge in [-0.05, 0) is 42.5 Å². The lowest BCUT2D eigenvalue weighted by atomic mass is 10.1. The third-order valence-corrected chi connectivity index (χ3v) is 3.96. The second kappa shape index (κ2) is 9.01. The third kappa shape index (κ3) is 5.07. The number of hydrogen-bond acceptors (Lipinski definition) is 4. The number of halogens is 1. The highest BCUT2D eigenvalue weighted by Gasteiger charge is 2.13. The van der Waals surface area contributed by atoms with Crippen molar-refractivity contribution in [2.24, 2.45) is 0 Å². The van der Waals surface area contributed by atoms with Crippen molar-refractivity contribution in [1.29, 1.82) is 0 Å². The van der Waals surface area contributed by atoms with Crippen molar-refractivity contribution >= 4 is 34.9 Å². The summed E-state index contributed by atoms with van der Waals surface area (Å²) in [4.78, 5) is 35.9. The van der Waals surface area contributed by atoms with E-state index in [1.165, 1.54) is 20.2 Å². The maximum Gasteiger partial charge on any atom is 0.251 e. The molecule has 26 heavy (non-hydrogen) atoms. The molecule has 0 heterocycles. The number of amides is 2. The van der Waals surface area contributed by atoms with Crippen LogP contribution in [0.15, 0.2) is 42.5 Å². The van der Waals surface area contributed by atoms with E-state index in [2.05, 4.69) is 10.6 Å². The van der Waals surface area contributed by atoms with E-state index in [0.29, 0.717) is 27.6 Å². The molecule has 2 aromatic rings. The summed E-state index contributed by atoms with van der Waals surface area (Å²) in [6.45, 7) is 0. The summed E-state index contributed by atoms with van der Waals surface area (Å²) >= 11 is 5.79. The van der Waals surface area contributed by atoms with Gasteiger partial charge >= 0.3 is 0 Å². The zero-order valence-electron chi connectivity index (χ0n) is 14.5. The highest BCUT2D eigenvalue weighted by molar-refractivity contribution is 6.30. The Bertz CT molecular complexity index is 819. The normalized spacial score (nSPS) is 10.1. The van der Waals surface area contributed by atoms with Crippen LogP contribution in [0.25, 0.3) is 0 Å². The van der Waals surface area contributed by atoms with Crippen LogP contribution in [0.2, 0.25) is 5.02 Å². The van der Waals surface area contributed by atoms with Crippen LogP contribution >= 0.6 is 11.6 Å². The maximum absolute atomic E-state index is 12.1. The largest absolute Gasteiger partial charge is 0.495 e. The van der Waals surface area contributed by atoms with Crippen LogP contribution in [0, 0.1) is 0 Å². The van der Waals surface area contributed by atoms with E-state index < -0.39 is 0 Å². The van der Waals surface area contributed by atoms with Gasteiger partial charge in [0, 0.05) is 36.0 Å². The lowest BCUT2D eigenvalue weighted by Gasteiger charge is -2.11. The van der Waals surface area contributed by atoms with Gasteiger partial charge in [0.2, 0.25) is 5.91 Å². The number of carbonyl (C=O) groups excluding carboxylic acids is 3. The molecule has 0 saturated heterocycles. The number of nitrogens with one attached hydrogen (secondary N) is 2. The molecule has 0 aliphatic carbocycles. The summed E-state index contributed by atoms with van der Waals surface area (Å²) in [7, 11) is 2.98. The lowest BCUT2D eigenvalue weighted by Crippen LogP contribution is -2.18. The van der Waals surface area contributed by atoms with Gasteiger partial charge in [-0.2, -0.15) is 0 Å². The van der Waals surface area contributed by atoms with E-state index in [0.717, 1.165) is 0 Å². The Kier molecular flexibility index (Phi) is 6.74. The molecule has 2 aromatic carbocycles. The average molecular weight is 375 g/mol. The number of rotatable bonds is 7. The molecule has 0 spiro atoms. The first kappa shape index (κ1) is 19.5. The van der Waals surface area contributed by atoms with E-state index >= 15 is 0 Å². The Morgan fingerprint density at radius 3 is 2.27 bits per heavy atom. The Labute approximate surface area is 156 Å². The first-order chi connectivity index (χ1) is 12.4. The molecule has 6 nitrogen and oxygen atoms in total. The molecule has 2 amide bonds. The van der Waals surface area contributed by atoms with Gasteiger partial charge in [0.1, 0.15) is 5.75 Å². The number of carbonyl (C=O) groups is 3. The number of ether oxygens (including phenoxy) is 1. The van der Waals surface area contributed by atoms with Crippen LogP contribution in [0.3, 0.4) is 0 Å². The first-order valence-electron chi connectivity index (χ1n) is 7.93. The predicted octanol–water partition coefficient (Wildman–Crippen LogP) is 3.31. The van der Waals surface area contributed by atoms with E-state index in [1.54, 1.807) is 36.4 Å². The second-order valence-electron chi connectivity index (χ2n) is 5.47. The fourth-order valence-corrected chi connectivity index (χ4v) is 2.43. The summed E-state index contributed by atoms with van der Waals surface area (Å²) in [6, 6.07) is 11.2. The SMILES string of the molecule is CNC(=O)c1ccc(NC(=O)CCC(=O)c2ccc(Cl)cc2)c(OC)c1. The molecule has 0 bridgehead atoms. The Morgan fingerprint density at radius 2 is 1.65 bits per heavy atom. The molecule has 0 atom stereocenters. The summed E-state index contributed by atoms with van der Waals surface area (Å²) in [5.74, 6) is -0.352. The first-order valence-corrected chi connectivity index (χ1v) is 8.31. The van der Waals surface area contributed by atoms with Crippen molar-refractivity contribution in [2.45, 2.75) is 12.8 Å². The Morgan fingerprint density at radius 1 is 1.00 bits per heavy atom. The average Bonchev–Trinajstić information content (AvgIpc) is 2.66. The minimum atomic E-state index is -0.321. The molecule has 2 N–H and O–H groups in total. The third-order valence-electron chi connectivity index (χ3n) is 3.71. The quantitative estimate of drug-likeness (QED) is 0.728. The van der Waals surface area contributed by atoms with Crippen molar-refractivity contribution in [1.82, 2.24) is 5.32 Å². The van der Waals surface area contributed by atoms with Crippen LogP contribution in [0.1, 0.15) is 33.6 Å². The molecular formula is C19H19ClN2O4. The standard InChI is InChI=1S/C19H19ClN2O4/c1-21-19(25)13-5-8-15(17(11-13)26-2)22-18(24)10-9-16(23)12-3-6-14(20)7-4-12/h3-8,11H,9-10H2,1-2H3,(H,21,25)(H,22,24). The monoisotopic (exact) mass is 374 g/mol. The van der Waals surface area contributed by atoms with E-state index in [1.807, 2.05) is 0 Å². The summed E-state index contributed by atoms with van der Waals surface area (Å²) < 4.78 is 5.21. The molecule has 0 aliphatic heterocycles. The maximum atomic E-state index is 12.1. The van der Waals surface area contributed by atoms with Crippen molar-refractivity contribution in [3.63, 3.8) is 0 Å². The highest BCUT2D eigenvalue weighted by Crippen LogP contribution is 2.26.